The molecule has 0 spiro atoms. The van der Waals surface area contributed by atoms with Gasteiger partial charge in [0, 0.05) is 18.5 Å². The first-order valence-corrected chi connectivity index (χ1v) is 8.58. The molecular weight excluding hydrogens is 331 g/mol. The molecule has 2 fully saturated rings. The molecule has 4 nitrogen and oxygen atoms in total. The van der Waals surface area contributed by atoms with E-state index in [4.69, 9.17) is 4.74 Å². The molecule has 0 aliphatic carbocycles. The molecular formula is C18H26ClFN2O2. The highest BCUT2D eigenvalue weighted by Gasteiger charge is 2.27. The van der Waals surface area contributed by atoms with Gasteiger partial charge in [0.2, 0.25) is 5.91 Å². The molecule has 1 aromatic rings. The molecule has 0 bridgehead atoms. The first-order chi connectivity index (χ1) is 11.2. The van der Waals surface area contributed by atoms with Gasteiger partial charge in [-0.15, -0.1) is 12.4 Å². The molecule has 0 radical (unpaired) electrons. The summed E-state index contributed by atoms with van der Waals surface area (Å²) in [5, 5.41) is 3.35. The van der Waals surface area contributed by atoms with E-state index in [1.54, 1.807) is 18.2 Å². The third-order valence-corrected chi connectivity index (χ3v) is 4.90. The van der Waals surface area contributed by atoms with Gasteiger partial charge in [-0.3, -0.25) is 4.79 Å². The lowest BCUT2D eigenvalue weighted by molar-refractivity contribution is -0.139. The van der Waals surface area contributed by atoms with E-state index in [2.05, 4.69) is 5.32 Å². The van der Waals surface area contributed by atoms with Crippen LogP contribution in [0.25, 0.3) is 0 Å². The molecule has 2 saturated heterocycles. The summed E-state index contributed by atoms with van der Waals surface area (Å²) in [5.74, 6) is 0.568. The van der Waals surface area contributed by atoms with Crippen molar-refractivity contribution in [3.8, 4) is 0 Å². The largest absolute Gasteiger partial charge is 0.370 e. The average Bonchev–Trinajstić information content (AvgIpc) is 2.61. The number of amides is 1. The SMILES string of the molecule is Cl.O=C(CCC1CCNCC1)N1CCOC(c2ccccc2F)C1. The number of ether oxygens (including phenoxy) is 1. The molecule has 0 saturated carbocycles. The lowest BCUT2D eigenvalue weighted by Gasteiger charge is -2.34. The number of hydrogen-bond acceptors (Lipinski definition) is 3. The topological polar surface area (TPSA) is 41.6 Å². The summed E-state index contributed by atoms with van der Waals surface area (Å²) in [6, 6.07) is 6.66. The fourth-order valence-corrected chi connectivity index (χ4v) is 3.46. The molecule has 1 N–H and O–H groups in total. The molecule has 2 aliphatic heterocycles. The summed E-state index contributed by atoms with van der Waals surface area (Å²) in [4.78, 5) is 14.3. The number of hydrogen-bond donors (Lipinski definition) is 1. The van der Waals surface area contributed by atoms with Crippen LogP contribution in [0.5, 0.6) is 0 Å². The normalized spacial score (nSPS) is 22.0. The number of nitrogens with one attached hydrogen (secondary N) is 1. The standard InChI is InChI=1S/C18H25FN2O2.ClH/c19-16-4-2-1-3-15(16)17-13-21(11-12-23-17)18(22)6-5-14-7-9-20-10-8-14;/h1-4,14,17,20H,5-13H2;1H. The van der Waals surface area contributed by atoms with Gasteiger partial charge in [0.15, 0.2) is 0 Å². The second-order valence-corrected chi connectivity index (χ2v) is 6.45. The Hall–Kier alpha value is -1.17. The van der Waals surface area contributed by atoms with Crippen molar-refractivity contribution in [2.24, 2.45) is 5.92 Å². The average molecular weight is 357 g/mol. The van der Waals surface area contributed by atoms with Crippen LogP contribution in [0.4, 0.5) is 4.39 Å². The molecule has 2 heterocycles. The monoisotopic (exact) mass is 356 g/mol. The minimum atomic E-state index is -0.354. The highest BCUT2D eigenvalue weighted by molar-refractivity contribution is 5.85. The van der Waals surface area contributed by atoms with Crippen LogP contribution in [0, 0.1) is 11.7 Å². The molecule has 1 atom stereocenters. The first-order valence-electron chi connectivity index (χ1n) is 8.58. The summed E-state index contributed by atoms with van der Waals surface area (Å²) in [7, 11) is 0. The van der Waals surface area contributed by atoms with Crippen LogP contribution in [0.15, 0.2) is 24.3 Å². The van der Waals surface area contributed by atoms with Crippen molar-refractivity contribution in [3.05, 3.63) is 35.6 Å². The first kappa shape index (κ1) is 19.2. The van der Waals surface area contributed by atoms with Crippen LogP contribution < -0.4 is 5.32 Å². The van der Waals surface area contributed by atoms with Gasteiger partial charge in [0.1, 0.15) is 11.9 Å². The van der Waals surface area contributed by atoms with Gasteiger partial charge in [0.25, 0.3) is 0 Å². The Kier molecular flexibility index (Phi) is 7.46. The molecule has 1 amide bonds. The minimum Gasteiger partial charge on any atom is -0.370 e. The lowest BCUT2D eigenvalue weighted by atomic mass is 9.93. The number of rotatable bonds is 4. The van der Waals surface area contributed by atoms with Crippen LogP contribution in [-0.4, -0.2) is 43.6 Å². The molecule has 134 valence electrons. The van der Waals surface area contributed by atoms with E-state index >= 15 is 0 Å². The molecule has 1 aromatic carbocycles. The van der Waals surface area contributed by atoms with E-state index in [-0.39, 0.29) is 30.2 Å². The van der Waals surface area contributed by atoms with E-state index in [1.807, 2.05) is 4.90 Å². The van der Waals surface area contributed by atoms with Crippen molar-refractivity contribution < 1.29 is 13.9 Å². The highest BCUT2D eigenvalue weighted by Crippen LogP contribution is 2.25. The molecule has 1 unspecified atom stereocenters. The smallest absolute Gasteiger partial charge is 0.222 e. The summed E-state index contributed by atoms with van der Waals surface area (Å²) >= 11 is 0. The summed E-state index contributed by atoms with van der Waals surface area (Å²) < 4.78 is 19.6. The van der Waals surface area contributed by atoms with Gasteiger partial charge in [-0.05, 0) is 44.3 Å². The van der Waals surface area contributed by atoms with Crippen molar-refractivity contribution in [2.75, 3.05) is 32.8 Å². The lowest BCUT2D eigenvalue weighted by Crippen LogP contribution is -2.42. The van der Waals surface area contributed by atoms with Crippen molar-refractivity contribution in [2.45, 2.75) is 31.8 Å². The van der Waals surface area contributed by atoms with Gasteiger partial charge >= 0.3 is 0 Å². The fourth-order valence-electron chi connectivity index (χ4n) is 3.46. The number of piperidine rings is 1. The van der Waals surface area contributed by atoms with Crippen LogP contribution in [0.2, 0.25) is 0 Å². The molecule has 3 rings (SSSR count). The molecule has 2 aliphatic rings. The predicted octanol–water partition coefficient (Wildman–Crippen LogP) is 2.93. The van der Waals surface area contributed by atoms with E-state index in [0.717, 1.165) is 32.4 Å². The van der Waals surface area contributed by atoms with Crippen molar-refractivity contribution in [1.82, 2.24) is 10.2 Å². The number of benzene rings is 1. The zero-order valence-electron chi connectivity index (χ0n) is 13.9. The zero-order chi connectivity index (χ0) is 16.1. The molecule has 0 aromatic heterocycles. The third kappa shape index (κ3) is 4.91. The quantitative estimate of drug-likeness (QED) is 0.901. The van der Waals surface area contributed by atoms with E-state index in [1.165, 1.54) is 6.07 Å². The van der Waals surface area contributed by atoms with E-state index < -0.39 is 0 Å². The number of halogens is 2. The van der Waals surface area contributed by atoms with Gasteiger partial charge in [0.05, 0.1) is 13.2 Å². The minimum absolute atomic E-state index is 0. The number of carbonyl (C=O) groups is 1. The molecule has 24 heavy (non-hydrogen) atoms. The maximum Gasteiger partial charge on any atom is 0.222 e. The van der Waals surface area contributed by atoms with Crippen molar-refractivity contribution in [1.29, 1.82) is 0 Å². The van der Waals surface area contributed by atoms with Gasteiger partial charge in [-0.2, -0.15) is 0 Å². The Morgan fingerprint density at radius 3 is 2.79 bits per heavy atom. The van der Waals surface area contributed by atoms with E-state index in [9.17, 15) is 9.18 Å². The van der Waals surface area contributed by atoms with Crippen LogP contribution in [0.3, 0.4) is 0 Å². The summed E-state index contributed by atoms with van der Waals surface area (Å²) in [6.45, 7) is 3.65. The Bertz CT molecular complexity index is 538. The molecule has 6 heteroatoms. The summed E-state index contributed by atoms with van der Waals surface area (Å²) in [6.07, 6.45) is 3.52. The Morgan fingerprint density at radius 1 is 1.29 bits per heavy atom. The maximum absolute atomic E-state index is 13.9. The fraction of sp³-hybridized carbons (Fsp3) is 0.611. The van der Waals surface area contributed by atoms with Crippen molar-refractivity contribution in [3.63, 3.8) is 0 Å². The number of morpholine rings is 1. The Labute approximate surface area is 149 Å². The van der Waals surface area contributed by atoms with Gasteiger partial charge in [-0.25, -0.2) is 4.39 Å². The van der Waals surface area contributed by atoms with Crippen LogP contribution in [-0.2, 0) is 9.53 Å². The number of nitrogens with zero attached hydrogens (tertiary/aromatic N) is 1. The zero-order valence-corrected chi connectivity index (χ0v) is 14.7. The van der Waals surface area contributed by atoms with Crippen LogP contribution >= 0.6 is 12.4 Å². The van der Waals surface area contributed by atoms with E-state index in [0.29, 0.717) is 37.6 Å². The maximum atomic E-state index is 13.9. The Balaban J connectivity index is 0.00000208. The second kappa shape index (κ2) is 9.35. The van der Waals surface area contributed by atoms with Gasteiger partial charge in [-0.1, -0.05) is 18.2 Å². The summed E-state index contributed by atoms with van der Waals surface area (Å²) in [5.41, 5.74) is 0.545. The second-order valence-electron chi connectivity index (χ2n) is 6.45. The number of carbonyl (C=O) groups excluding carboxylic acids is 1. The van der Waals surface area contributed by atoms with Gasteiger partial charge < -0.3 is 15.0 Å². The highest BCUT2D eigenvalue weighted by atomic mass is 35.5. The van der Waals surface area contributed by atoms with Crippen molar-refractivity contribution >= 4 is 18.3 Å². The third-order valence-electron chi connectivity index (χ3n) is 4.90. The van der Waals surface area contributed by atoms with Crippen LogP contribution in [0.1, 0.15) is 37.4 Å². The predicted molar refractivity (Wildman–Crippen MR) is 93.7 cm³/mol. The Morgan fingerprint density at radius 2 is 2.04 bits per heavy atom.